The zero-order valence-corrected chi connectivity index (χ0v) is 17.5. The number of sulfonamides is 1. The number of halogens is 1. The van der Waals surface area contributed by atoms with Crippen LogP contribution in [0.1, 0.15) is 25.7 Å². The highest BCUT2D eigenvalue weighted by atomic mass is 32.2. The zero-order chi connectivity index (χ0) is 20.8. The number of rotatable bonds is 5. The number of benzene rings is 2. The van der Waals surface area contributed by atoms with Gasteiger partial charge in [0.2, 0.25) is 10.0 Å². The standard InChI is InChI=1S/C20H22FNO5S2/c1-27-19-10-7-14(21)11-20(19)29(25,26)22-15-8-9-16(22)13-18(12-15)28(23,24)17-5-3-2-4-6-17/h2-7,10-11,15-16,18H,8-9,12-13H2,1H3. The summed E-state index contributed by atoms with van der Waals surface area (Å²) in [5.74, 6) is -0.594. The van der Waals surface area contributed by atoms with E-state index >= 15 is 0 Å². The van der Waals surface area contributed by atoms with E-state index in [-0.39, 0.29) is 28.4 Å². The SMILES string of the molecule is COc1ccc(F)cc1S(=O)(=O)N1C2CCC1CC(S(=O)(=O)c1ccccc1)C2. The van der Waals surface area contributed by atoms with Crippen molar-refractivity contribution in [3.05, 3.63) is 54.3 Å². The Hall–Kier alpha value is -1.97. The van der Waals surface area contributed by atoms with Crippen molar-refractivity contribution in [3.63, 3.8) is 0 Å². The van der Waals surface area contributed by atoms with E-state index in [4.69, 9.17) is 4.74 Å². The third-order valence-corrected chi connectivity index (χ3v) is 10.0. The highest BCUT2D eigenvalue weighted by Crippen LogP contribution is 2.44. The normalized spacial score (nSPS) is 25.1. The summed E-state index contributed by atoms with van der Waals surface area (Å²) in [6.45, 7) is 0. The fourth-order valence-electron chi connectivity index (χ4n) is 4.50. The maximum absolute atomic E-state index is 13.8. The van der Waals surface area contributed by atoms with Gasteiger partial charge in [0.25, 0.3) is 0 Å². The number of hydrogen-bond acceptors (Lipinski definition) is 5. The topological polar surface area (TPSA) is 80.8 Å². The minimum Gasteiger partial charge on any atom is -0.495 e. The Balaban J connectivity index is 1.66. The summed E-state index contributed by atoms with van der Waals surface area (Å²) in [7, 11) is -6.24. The molecular formula is C20H22FNO5S2. The molecule has 2 aliphatic heterocycles. The second-order valence-corrected chi connectivity index (χ2v) is 11.5. The van der Waals surface area contributed by atoms with Gasteiger partial charge in [0.15, 0.2) is 9.84 Å². The van der Waals surface area contributed by atoms with Crippen LogP contribution < -0.4 is 4.74 Å². The summed E-state index contributed by atoms with van der Waals surface area (Å²) < 4.78 is 73.0. The van der Waals surface area contributed by atoms with Crippen molar-refractivity contribution in [3.8, 4) is 5.75 Å². The van der Waals surface area contributed by atoms with Crippen LogP contribution in [0.2, 0.25) is 0 Å². The Morgan fingerprint density at radius 3 is 2.17 bits per heavy atom. The maximum atomic E-state index is 13.8. The number of piperidine rings is 1. The number of sulfone groups is 1. The van der Waals surface area contributed by atoms with E-state index in [1.54, 1.807) is 30.3 Å². The Labute approximate surface area is 170 Å². The molecule has 2 atom stereocenters. The molecule has 0 saturated carbocycles. The summed E-state index contributed by atoms with van der Waals surface area (Å²) in [5, 5.41) is -0.636. The number of nitrogens with zero attached hydrogens (tertiary/aromatic N) is 1. The molecule has 2 bridgehead atoms. The van der Waals surface area contributed by atoms with E-state index in [1.165, 1.54) is 17.5 Å². The van der Waals surface area contributed by atoms with Crippen LogP contribution in [0.25, 0.3) is 0 Å². The molecule has 0 N–H and O–H groups in total. The minimum atomic E-state index is -4.02. The molecule has 0 aliphatic carbocycles. The van der Waals surface area contributed by atoms with Crippen LogP contribution in [0.3, 0.4) is 0 Å². The maximum Gasteiger partial charge on any atom is 0.247 e. The summed E-state index contributed by atoms with van der Waals surface area (Å²) in [4.78, 5) is 0.0359. The summed E-state index contributed by atoms with van der Waals surface area (Å²) in [6.07, 6.45) is 1.62. The van der Waals surface area contributed by atoms with E-state index in [1.807, 2.05) is 0 Å². The van der Waals surface area contributed by atoms with Crippen LogP contribution in [-0.4, -0.2) is 45.6 Å². The van der Waals surface area contributed by atoms with Crippen molar-refractivity contribution >= 4 is 19.9 Å². The lowest BCUT2D eigenvalue weighted by atomic mass is 10.1. The minimum absolute atomic E-state index is 0.0739. The second-order valence-electron chi connectivity index (χ2n) is 7.47. The Morgan fingerprint density at radius 1 is 0.966 bits per heavy atom. The van der Waals surface area contributed by atoms with Crippen LogP contribution in [0.5, 0.6) is 5.75 Å². The van der Waals surface area contributed by atoms with Crippen molar-refractivity contribution in [2.24, 2.45) is 0 Å². The molecule has 2 aromatic rings. The lowest BCUT2D eigenvalue weighted by Gasteiger charge is -2.37. The van der Waals surface area contributed by atoms with E-state index in [2.05, 4.69) is 0 Å². The molecule has 4 rings (SSSR count). The van der Waals surface area contributed by atoms with Crippen molar-refractivity contribution in [1.29, 1.82) is 0 Å². The molecule has 0 amide bonds. The molecule has 2 aliphatic rings. The third kappa shape index (κ3) is 3.45. The Kier molecular flexibility index (Phi) is 5.16. The molecule has 156 valence electrons. The average molecular weight is 440 g/mol. The smallest absolute Gasteiger partial charge is 0.247 e. The average Bonchev–Trinajstić information content (AvgIpc) is 2.99. The molecule has 0 spiro atoms. The summed E-state index contributed by atoms with van der Waals surface area (Å²) in [5.41, 5.74) is 0. The van der Waals surface area contributed by atoms with Gasteiger partial charge >= 0.3 is 0 Å². The van der Waals surface area contributed by atoms with Gasteiger partial charge in [-0.15, -0.1) is 0 Å². The first-order valence-electron chi connectivity index (χ1n) is 9.41. The van der Waals surface area contributed by atoms with Gasteiger partial charge in [0.05, 0.1) is 17.3 Å². The van der Waals surface area contributed by atoms with Gasteiger partial charge in [-0.25, -0.2) is 21.2 Å². The molecule has 2 heterocycles. The first-order valence-corrected chi connectivity index (χ1v) is 12.4. The van der Waals surface area contributed by atoms with E-state index < -0.39 is 43.0 Å². The first kappa shape index (κ1) is 20.3. The fourth-order valence-corrected chi connectivity index (χ4v) is 8.43. The van der Waals surface area contributed by atoms with Crippen LogP contribution in [0.15, 0.2) is 58.3 Å². The van der Waals surface area contributed by atoms with Crippen LogP contribution >= 0.6 is 0 Å². The van der Waals surface area contributed by atoms with Gasteiger partial charge in [-0.1, -0.05) is 18.2 Å². The summed E-state index contributed by atoms with van der Waals surface area (Å²) in [6, 6.07) is 10.8. The highest BCUT2D eigenvalue weighted by molar-refractivity contribution is 7.92. The van der Waals surface area contributed by atoms with Crippen LogP contribution in [0, 0.1) is 5.82 Å². The zero-order valence-electron chi connectivity index (χ0n) is 15.9. The van der Waals surface area contributed by atoms with Crippen molar-refractivity contribution < 1.29 is 26.0 Å². The van der Waals surface area contributed by atoms with Crippen LogP contribution in [-0.2, 0) is 19.9 Å². The lowest BCUT2D eigenvalue weighted by Crippen LogP contribution is -2.49. The van der Waals surface area contributed by atoms with Crippen molar-refractivity contribution in [1.82, 2.24) is 4.31 Å². The van der Waals surface area contributed by atoms with Gasteiger partial charge < -0.3 is 4.74 Å². The van der Waals surface area contributed by atoms with Gasteiger partial charge in [-0.2, -0.15) is 4.31 Å². The molecule has 0 aromatic heterocycles. The number of hydrogen-bond donors (Lipinski definition) is 0. The lowest BCUT2D eigenvalue weighted by molar-refractivity contribution is 0.248. The van der Waals surface area contributed by atoms with Gasteiger partial charge in [-0.3, -0.25) is 0 Å². The first-order chi connectivity index (χ1) is 13.7. The van der Waals surface area contributed by atoms with Gasteiger partial charge in [0, 0.05) is 12.1 Å². The quantitative estimate of drug-likeness (QED) is 0.716. The fraction of sp³-hybridized carbons (Fsp3) is 0.400. The molecule has 2 saturated heterocycles. The number of fused-ring (bicyclic) bond motifs is 2. The molecular weight excluding hydrogens is 417 g/mol. The van der Waals surface area contributed by atoms with Crippen LogP contribution in [0.4, 0.5) is 4.39 Å². The Morgan fingerprint density at radius 2 is 1.59 bits per heavy atom. The molecule has 2 fully saturated rings. The van der Waals surface area contributed by atoms with Gasteiger partial charge in [-0.05, 0) is 56.0 Å². The third-order valence-electron chi connectivity index (χ3n) is 5.81. The second kappa shape index (κ2) is 7.37. The molecule has 29 heavy (non-hydrogen) atoms. The molecule has 0 radical (unpaired) electrons. The number of ether oxygens (including phenoxy) is 1. The molecule has 2 aromatic carbocycles. The van der Waals surface area contributed by atoms with E-state index in [9.17, 15) is 21.2 Å². The molecule has 6 nitrogen and oxygen atoms in total. The highest BCUT2D eigenvalue weighted by Gasteiger charge is 2.50. The van der Waals surface area contributed by atoms with Crippen molar-refractivity contribution in [2.75, 3.05) is 7.11 Å². The van der Waals surface area contributed by atoms with E-state index in [0.29, 0.717) is 12.8 Å². The predicted molar refractivity (Wildman–Crippen MR) is 105 cm³/mol. The molecule has 2 unspecified atom stereocenters. The monoisotopic (exact) mass is 439 g/mol. The molecule has 9 heteroatoms. The summed E-state index contributed by atoms with van der Waals surface area (Å²) >= 11 is 0. The van der Waals surface area contributed by atoms with E-state index in [0.717, 1.165) is 12.1 Å². The van der Waals surface area contributed by atoms with Crippen molar-refractivity contribution in [2.45, 2.75) is 52.8 Å². The largest absolute Gasteiger partial charge is 0.495 e. The predicted octanol–water partition coefficient (Wildman–Crippen LogP) is 2.99. The Bertz CT molecular complexity index is 1100. The number of methoxy groups -OCH3 is 1. The van der Waals surface area contributed by atoms with Gasteiger partial charge in [0.1, 0.15) is 16.5 Å².